The van der Waals surface area contributed by atoms with E-state index in [0.717, 1.165) is 18.5 Å². The maximum absolute atomic E-state index is 9.25. The molecule has 6 heteroatoms. The van der Waals surface area contributed by atoms with Crippen molar-refractivity contribution < 1.29 is 5.11 Å². The zero-order valence-corrected chi connectivity index (χ0v) is 8.59. The summed E-state index contributed by atoms with van der Waals surface area (Å²) in [6, 6.07) is 0.288. The Morgan fingerprint density at radius 3 is 2.87 bits per heavy atom. The predicted molar refractivity (Wildman–Crippen MR) is 54.6 cm³/mol. The second-order valence-electron chi connectivity index (χ2n) is 3.77. The lowest BCUT2D eigenvalue weighted by atomic mass is 9.89. The van der Waals surface area contributed by atoms with Gasteiger partial charge in [-0.15, -0.1) is 0 Å². The molecule has 5 nitrogen and oxygen atoms in total. The first kappa shape index (κ1) is 9.06. The lowest BCUT2D eigenvalue weighted by molar-refractivity contribution is 0.0499. The molecule has 1 fully saturated rings. The fraction of sp³-hybridized carbons (Fsp3) is 0.444. The smallest absolute Gasteiger partial charge is 0.165 e. The summed E-state index contributed by atoms with van der Waals surface area (Å²) in [6.07, 6.45) is 4.46. The minimum atomic E-state index is -0.190. The number of hydrogen-bond acceptors (Lipinski definition) is 4. The van der Waals surface area contributed by atoms with Gasteiger partial charge in [0.15, 0.2) is 10.8 Å². The average molecular weight is 225 g/mol. The molecule has 0 aliphatic heterocycles. The highest BCUT2D eigenvalue weighted by molar-refractivity contribution is 6.33. The number of aromatic nitrogens is 4. The molecule has 2 heterocycles. The monoisotopic (exact) mass is 224 g/mol. The quantitative estimate of drug-likeness (QED) is 0.739. The lowest BCUT2D eigenvalue weighted by Crippen LogP contribution is -2.30. The molecule has 0 unspecified atom stereocenters. The van der Waals surface area contributed by atoms with Crippen LogP contribution in [0, 0.1) is 0 Å². The molecular weight excluding hydrogens is 216 g/mol. The van der Waals surface area contributed by atoms with Crippen LogP contribution in [0.4, 0.5) is 0 Å². The second-order valence-corrected chi connectivity index (χ2v) is 4.13. The summed E-state index contributed by atoms with van der Waals surface area (Å²) in [6.45, 7) is 0. The van der Waals surface area contributed by atoms with Gasteiger partial charge in [0.05, 0.1) is 12.4 Å². The summed E-state index contributed by atoms with van der Waals surface area (Å²) in [4.78, 5) is 12.2. The van der Waals surface area contributed by atoms with E-state index in [4.69, 9.17) is 11.6 Å². The zero-order valence-electron chi connectivity index (χ0n) is 7.84. The summed E-state index contributed by atoms with van der Waals surface area (Å²) in [7, 11) is 0. The highest BCUT2D eigenvalue weighted by atomic mass is 35.5. The van der Waals surface area contributed by atoms with Gasteiger partial charge in [-0.25, -0.2) is 15.0 Å². The van der Waals surface area contributed by atoms with E-state index >= 15 is 0 Å². The Hall–Kier alpha value is -1.20. The summed E-state index contributed by atoms with van der Waals surface area (Å²) in [5.74, 6) is 0. The Morgan fingerprint density at radius 1 is 1.33 bits per heavy atom. The highest BCUT2D eigenvalue weighted by Crippen LogP contribution is 2.34. The number of fused-ring (bicyclic) bond motifs is 1. The van der Waals surface area contributed by atoms with Gasteiger partial charge in [0.1, 0.15) is 11.8 Å². The third-order valence-corrected chi connectivity index (χ3v) is 3.07. The Morgan fingerprint density at radius 2 is 2.13 bits per heavy atom. The molecule has 0 radical (unpaired) electrons. The van der Waals surface area contributed by atoms with Crippen LogP contribution in [0.25, 0.3) is 11.2 Å². The van der Waals surface area contributed by atoms with Gasteiger partial charge in [0, 0.05) is 6.04 Å². The van der Waals surface area contributed by atoms with Crippen molar-refractivity contribution in [2.45, 2.75) is 25.0 Å². The fourth-order valence-corrected chi connectivity index (χ4v) is 2.05. The Labute approximate surface area is 90.7 Å². The fourth-order valence-electron chi connectivity index (χ4n) is 1.88. The molecule has 2 aromatic heterocycles. The SMILES string of the molecule is OC1CC(n2cnc3c(Cl)ncnc32)C1. The number of aliphatic hydroxyl groups is 1. The van der Waals surface area contributed by atoms with E-state index in [9.17, 15) is 5.11 Å². The van der Waals surface area contributed by atoms with Crippen molar-refractivity contribution in [2.75, 3.05) is 0 Å². The summed E-state index contributed by atoms with van der Waals surface area (Å²) >= 11 is 5.89. The summed E-state index contributed by atoms with van der Waals surface area (Å²) in [5.41, 5.74) is 1.37. The van der Waals surface area contributed by atoms with Crippen LogP contribution in [-0.4, -0.2) is 30.7 Å². The molecule has 15 heavy (non-hydrogen) atoms. The average Bonchev–Trinajstić information content (AvgIpc) is 2.58. The molecule has 1 aliphatic carbocycles. The van der Waals surface area contributed by atoms with Gasteiger partial charge in [-0.3, -0.25) is 0 Å². The minimum absolute atomic E-state index is 0.190. The van der Waals surface area contributed by atoms with Crippen LogP contribution in [0.5, 0.6) is 0 Å². The normalized spacial score (nSPS) is 25.5. The highest BCUT2D eigenvalue weighted by Gasteiger charge is 2.30. The van der Waals surface area contributed by atoms with Crippen LogP contribution in [0.1, 0.15) is 18.9 Å². The van der Waals surface area contributed by atoms with Crippen molar-refractivity contribution in [3.63, 3.8) is 0 Å². The number of imidazole rings is 1. The number of rotatable bonds is 1. The van der Waals surface area contributed by atoms with Crippen molar-refractivity contribution in [1.29, 1.82) is 0 Å². The van der Waals surface area contributed by atoms with Gasteiger partial charge in [-0.1, -0.05) is 11.6 Å². The minimum Gasteiger partial charge on any atom is -0.393 e. The van der Waals surface area contributed by atoms with Crippen LogP contribution >= 0.6 is 11.6 Å². The molecule has 2 aromatic rings. The second kappa shape index (κ2) is 3.15. The van der Waals surface area contributed by atoms with E-state index in [1.54, 1.807) is 6.33 Å². The molecule has 3 rings (SSSR count). The van der Waals surface area contributed by atoms with Crippen molar-refractivity contribution in [1.82, 2.24) is 19.5 Å². The van der Waals surface area contributed by atoms with Crippen LogP contribution in [-0.2, 0) is 0 Å². The number of aliphatic hydroxyl groups excluding tert-OH is 1. The van der Waals surface area contributed by atoms with Gasteiger partial charge in [0.25, 0.3) is 0 Å². The third kappa shape index (κ3) is 1.31. The Balaban J connectivity index is 2.09. The van der Waals surface area contributed by atoms with E-state index < -0.39 is 0 Å². The lowest BCUT2D eigenvalue weighted by Gasteiger charge is -2.32. The van der Waals surface area contributed by atoms with E-state index in [-0.39, 0.29) is 12.1 Å². The van der Waals surface area contributed by atoms with Crippen molar-refractivity contribution in [3.8, 4) is 0 Å². The molecule has 0 bridgehead atoms. The molecule has 0 atom stereocenters. The van der Waals surface area contributed by atoms with Crippen molar-refractivity contribution in [3.05, 3.63) is 17.8 Å². The Bertz CT molecular complexity index is 506. The maximum atomic E-state index is 9.25. The maximum Gasteiger partial charge on any atom is 0.165 e. The van der Waals surface area contributed by atoms with E-state index in [2.05, 4.69) is 15.0 Å². The van der Waals surface area contributed by atoms with Gasteiger partial charge in [0.2, 0.25) is 0 Å². The van der Waals surface area contributed by atoms with Crippen molar-refractivity contribution >= 4 is 22.8 Å². The van der Waals surface area contributed by atoms with Crippen LogP contribution in [0.15, 0.2) is 12.7 Å². The van der Waals surface area contributed by atoms with Crippen LogP contribution in [0.3, 0.4) is 0 Å². The molecule has 0 aromatic carbocycles. The number of nitrogens with zero attached hydrogens (tertiary/aromatic N) is 4. The molecule has 78 valence electrons. The molecule has 0 saturated heterocycles. The first-order chi connectivity index (χ1) is 7.25. The van der Waals surface area contributed by atoms with E-state index in [0.29, 0.717) is 10.7 Å². The summed E-state index contributed by atoms with van der Waals surface area (Å²) < 4.78 is 1.95. The molecule has 0 spiro atoms. The molecule has 1 saturated carbocycles. The van der Waals surface area contributed by atoms with Crippen LogP contribution < -0.4 is 0 Å². The van der Waals surface area contributed by atoms with Gasteiger partial charge in [-0.2, -0.15) is 0 Å². The third-order valence-electron chi connectivity index (χ3n) is 2.80. The topological polar surface area (TPSA) is 63.8 Å². The van der Waals surface area contributed by atoms with E-state index in [1.807, 2.05) is 4.57 Å². The first-order valence-corrected chi connectivity index (χ1v) is 5.14. The van der Waals surface area contributed by atoms with Crippen LogP contribution in [0.2, 0.25) is 5.15 Å². The van der Waals surface area contributed by atoms with Gasteiger partial charge >= 0.3 is 0 Å². The molecule has 0 amide bonds. The number of hydrogen-bond donors (Lipinski definition) is 1. The largest absolute Gasteiger partial charge is 0.393 e. The summed E-state index contributed by atoms with van der Waals surface area (Å²) in [5, 5.41) is 9.62. The molecular formula is C9H9ClN4O. The van der Waals surface area contributed by atoms with Gasteiger partial charge in [-0.05, 0) is 12.8 Å². The first-order valence-electron chi connectivity index (χ1n) is 4.77. The zero-order chi connectivity index (χ0) is 10.4. The predicted octanol–water partition coefficient (Wildman–Crippen LogP) is 1.18. The molecule has 1 N–H and O–H groups in total. The molecule has 1 aliphatic rings. The number of halogens is 1. The van der Waals surface area contributed by atoms with E-state index in [1.165, 1.54) is 6.33 Å². The standard InChI is InChI=1S/C9H9ClN4O/c10-8-7-9(12-3-11-8)14(4-13-7)5-1-6(15)2-5/h3-6,15H,1-2H2. The van der Waals surface area contributed by atoms with Gasteiger partial charge < -0.3 is 9.67 Å². The Kier molecular flexibility index (Phi) is 1.90. The van der Waals surface area contributed by atoms with Crippen molar-refractivity contribution in [2.24, 2.45) is 0 Å².